The van der Waals surface area contributed by atoms with Crippen molar-refractivity contribution in [2.45, 2.75) is 19.1 Å². The van der Waals surface area contributed by atoms with E-state index in [0.717, 1.165) is 25.1 Å². The van der Waals surface area contributed by atoms with Crippen LogP contribution in [0.15, 0.2) is 36.9 Å². The van der Waals surface area contributed by atoms with E-state index in [1.54, 1.807) is 24.7 Å². The maximum Gasteiger partial charge on any atom is 0.164 e. The van der Waals surface area contributed by atoms with Gasteiger partial charge in [-0.2, -0.15) is 0 Å². The van der Waals surface area contributed by atoms with E-state index >= 15 is 0 Å². The predicted octanol–water partition coefficient (Wildman–Crippen LogP) is 3.17. The van der Waals surface area contributed by atoms with E-state index in [-0.39, 0.29) is 11.6 Å². The standard InChI is InChI=1S/C18H17ClFN5O/c19-13-9-22-10-16(18(13)26-12-1-2-21-8-12)25-7-11-5-14(20)17-15(6-11)23-3-4-24-17/h3-6,9-10,12,21,25H,1-2,7-8H2. The Morgan fingerprint density at radius 2 is 2.15 bits per heavy atom. The normalized spacial score (nSPS) is 16.8. The molecule has 3 heterocycles. The average molecular weight is 374 g/mol. The van der Waals surface area contributed by atoms with Crippen LogP contribution in [-0.4, -0.2) is 34.1 Å². The number of pyridine rings is 1. The zero-order chi connectivity index (χ0) is 17.9. The first kappa shape index (κ1) is 16.9. The van der Waals surface area contributed by atoms with E-state index in [1.807, 2.05) is 0 Å². The molecule has 134 valence electrons. The Morgan fingerprint density at radius 3 is 3.00 bits per heavy atom. The van der Waals surface area contributed by atoms with Gasteiger partial charge in [-0.25, -0.2) is 9.37 Å². The largest absolute Gasteiger partial charge is 0.485 e. The zero-order valence-electron chi connectivity index (χ0n) is 13.9. The van der Waals surface area contributed by atoms with Gasteiger partial charge in [-0.1, -0.05) is 11.6 Å². The number of hydrogen-bond donors (Lipinski definition) is 2. The first-order valence-corrected chi connectivity index (χ1v) is 8.72. The van der Waals surface area contributed by atoms with Crippen molar-refractivity contribution in [3.63, 3.8) is 0 Å². The minimum Gasteiger partial charge on any atom is -0.485 e. The van der Waals surface area contributed by atoms with Crippen molar-refractivity contribution in [3.8, 4) is 5.75 Å². The highest BCUT2D eigenvalue weighted by molar-refractivity contribution is 6.32. The lowest BCUT2D eigenvalue weighted by molar-refractivity contribution is 0.224. The Hall–Kier alpha value is -2.51. The third-order valence-electron chi connectivity index (χ3n) is 4.22. The van der Waals surface area contributed by atoms with Crippen LogP contribution in [-0.2, 0) is 6.54 Å². The summed E-state index contributed by atoms with van der Waals surface area (Å²) in [5.41, 5.74) is 2.19. The molecule has 1 aromatic carbocycles. The summed E-state index contributed by atoms with van der Waals surface area (Å²) in [7, 11) is 0. The molecule has 1 atom stereocenters. The van der Waals surface area contributed by atoms with Gasteiger partial charge in [-0.15, -0.1) is 0 Å². The maximum atomic E-state index is 14.2. The lowest BCUT2D eigenvalue weighted by Gasteiger charge is -2.18. The Labute approximate surface area is 154 Å². The van der Waals surface area contributed by atoms with Crippen LogP contribution in [0, 0.1) is 5.82 Å². The Bertz CT molecular complexity index is 933. The highest BCUT2D eigenvalue weighted by Gasteiger charge is 2.19. The van der Waals surface area contributed by atoms with Crippen LogP contribution in [0.5, 0.6) is 5.75 Å². The van der Waals surface area contributed by atoms with Crippen molar-refractivity contribution < 1.29 is 9.13 Å². The van der Waals surface area contributed by atoms with Crippen LogP contribution in [0.4, 0.5) is 10.1 Å². The smallest absolute Gasteiger partial charge is 0.164 e. The molecular formula is C18H17ClFN5O. The number of halogens is 2. The zero-order valence-corrected chi connectivity index (χ0v) is 14.6. The fourth-order valence-electron chi connectivity index (χ4n) is 2.95. The highest BCUT2D eigenvalue weighted by atomic mass is 35.5. The quantitative estimate of drug-likeness (QED) is 0.715. The van der Waals surface area contributed by atoms with Gasteiger partial charge in [-0.3, -0.25) is 9.97 Å². The maximum absolute atomic E-state index is 14.2. The topological polar surface area (TPSA) is 72.0 Å². The molecule has 8 heteroatoms. The van der Waals surface area contributed by atoms with Gasteiger partial charge in [0.15, 0.2) is 11.6 Å². The van der Waals surface area contributed by atoms with Crippen LogP contribution in [0.1, 0.15) is 12.0 Å². The van der Waals surface area contributed by atoms with E-state index in [2.05, 4.69) is 25.6 Å². The third kappa shape index (κ3) is 3.54. The molecule has 2 aromatic heterocycles. The molecule has 1 fully saturated rings. The van der Waals surface area contributed by atoms with Gasteiger partial charge in [0.25, 0.3) is 0 Å². The molecular weight excluding hydrogens is 357 g/mol. The third-order valence-corrected chi connectivity index (χ3v) is 4.49. The summed E-state index contributed by atoms with van der Waals surface area (Å²) in [6, 6.07) is 3.25. The minimum atomic E-state index is -0.398. The van der Waals surface area contributed by atoms with E-state index in [9.17, 15) is 4.39 Å². The Morgan fingerprint density at radius 1 is 1.27 bits per heavy atom. The van der Waals surface area contributed by atoms with Crippen LogP contribution < -0.4 is 15.4 Å². The minimum absolute atomic E-state index is 0.0730. The second-order valence-corrected chi connectivity index (χ2v) is 6.49. The SMILES string of the molecule is Fc1cc(CNc2cncc(Cl)c2OC2CCNC2)cc2nccnc12. The number of hydrogen-bond acceptors (Lipinski definition) is 6. The van der Waals surface area contributed by atoms with Gasteiger partial charge in [0, 0.05) is 31.7 Å². The summed E-state index contributed by atoms with van der Waals surface area (Å²) >= 11 is 6.27. The first-order valence-electron chi connectivity index (χ1n) is 8.34. The summed E-state index contributed by atoms with van der Waals surface area (Å²) in [6.45, 7) is 2.09. The van der Waals surface area contributed by atoms with Gasteiger partial charge in [0.05, 0.1) is 17.4 Å². The van der Waals surface area contributed by atoms with Crippen molar-refractivity contribution in [3.05, 3.63) is 53.3 Å². The predicted molar refractivity (Wildman–Crippen MR) is 98.0 cm³/mol. The number of anilines is 1. The number of fused-ring (bicyclic) bond motifs is 1. The van der Waals surface area contributed by atoms with Crippen molar-refractivity contribution in [2.24, 2.45) is 0 Å². The summed E-state index contributed by atoms with van der Waals surface area (Å²) in [4.78, 5) is 12.3. The van der Waals surface area contributed by atoms with E-state index in [4.69, 9.17) is 16.3 Å². The first-order chi connectivity index (χ1) is 12.7. The van der Waals surface area contributed by atoms with Gasteiger partial charge in [-0.05, 0) is 30.7 Å². The second-order valence-electron chi connectivity index (χ2n) is 6.09. The summed E-state index contributed by atoms with van der Waals surface area (Å²) < 4.78 is 20.2. The van der Waals surface area contributed by atoms with Gasteiger partial charge in [0.2, 0.25) is 0 Å². The molecule has 1 saturated heterocycles. The van der Waals surface area contributed by atoms with Crippen molar-refractivity contribution >= 4 is 28.3 Å². The average Bonchev–Trinajstić information content (AvgIpc) is 3.15. The summed E-state index contributed by atoms with van der Waals surface area (Å²) in [6.07, 6.45) is 7.22. The van der Waals surface area contributed by atoms with Crippen LogP contribution in [0.25, 0.3) is 11.0 Å². The van der Waals surface area contributed by atoms with Crippen LogP contribution in [0.3, 0.4) is 0 Å². The summed E-state index contributed by atoms with van der Waals surface area (Å²) in [5, 5.41) is 6.93. The lowest BCUT2D eigenvalue weighted by Crippen LogP contribution is -2.20. The highest BCUT2D eigenvalue weighted by Crippen LogP contribution is 2.33. The molecule has 0 amide bonds. The second kappa shape index (κ2) is 7.39. The summed E-state index contributed by atoms with van der Waals surface area (Å²) in [5.74, 6) is 0.168. The molecule has 1 aliphatic heterocycles. The number of benzene rings is 1. The molecule has 2 N–H and O–H groups in total. The molecule has 0 aliphatic carbocycles. The number of nitrogens with one attached hydrogen (secondary N) is 2. The molecule has 4 rings (SSSR count). The fraction of sp³-hybridized carbons (Fsp3) is 0.278. The molecule has 1 aliphatic rings. The van der Waals surface area contributed by atoms with Gasteiger partial charge < -0.3 is 15.4 Å². The molecule has 6 nitrogen and oxygen atoms in total. The number of rotatable bonds is 5. The van der Waals surface area contributed by atoms with Gasteiger partial charge >= 0.3 is 0 Å². The fourth-order valence-corrected chi connectivity index (χ4v) is 3.15. The van der Waals surface area contributed by atoms with Crippen LogP contribution >= 0.6 is 11.6 Å². The molecule has 3 aromatic rings. The molecule has 0 spiro atoms. The molecule has 0 radical (unpaired) electrons. The van der Waals surface area contributed by atoms with Crippen molar-refractivity contribution in [1.29, 1.82) is 0 Å². The molecule has 26 heavy (non-hydrogen) atoms. The number of nitrogens with zero attached hydrogens (tertiary/aromatic N) is 3. The van der Waals surface area contributed by atoms with E-state index in [0.29, 0.717) is 28.5 Å². The Kier molecular flexibility index (Phi) is 4.81. The molecule has 1 unspecified atom stereocenters. The number of aromatic nitrogens is 3. The van der Waals surface area contributed by atoms with Crippen LogP contribution in [0.2, 0.25) is 5.02 Å². The monoisotopic (exact) mass is 373 g/mol. The van der Waals surface area contributed by atoms with Gasteiger partial charge in [0.1, 0.15) is 16.6 Å². The van der Waals surface area contributed by atoms with Crippen molar-refractivity contribution in [2.75, 3.05) is 18.4 Å². The van der Waals surface area contributed by atoms with E-state index in [1.165, 1.54) is 12.3 Å². The molecule has 0 saturated carbocycles. The lowest BCUT2D eigenvalue weighted by atomic mass is 10.1. The van der Waals surface area contributed by atoms with Crippen molar-refractivity contribution in [1.82, 2.24) is 20.3 Å². The van der Waals surface area contributed by atoms with E-state index < -0.39 is 5.82 Å². The Balaban J connectivity index is 1.55. The number of ether oxygens (including phenoxy) is 1. The molecule has 0 bridgehead atoms.